The monoisotopic (exact) mass is 472 g/mol. The van der Waals surface area contributed by atoms with Crippen LogP contribution in [0.3, 0.4) is 0 Å². The van der Waals surface area contributed by atoms with E-state index < -0.39 is 0 Å². The fraction of sp³-hybridized carbons (Fsp3) is 0.148. The van der Waals surface area contributed by atoms with Gasteiger partial charge in [-0.15, -0.1) is 0 Å². The highest BCUT2D eigenvalue weighted by Crippen LogP contribution is 2.29. The van der Waals surface area contributed by atoms with Gasteiger partial charge in [-0.3, -0.25) is 9.59 Å². The fourth-order valence-electron chi connectivity index (χ4n) is 3.74. The van der Waals surface area contributed by atoms with Crippen LogP contribution < -0.4 is 5.32 Å². The number of para-hydroxylation sites is 1. The van der Waals surface area contributed by atoms with Gasteiger partial charge in [0.15, 0.2) is 0 Å². The number of amides is 2. The molecule has 0 aliphatic rings. The summed E-state index contributed by atoms with van der Waals surface area (Å²) in [5.41, 5.74) is 5.68. The first-order chi connectivity index (χ1) is 16.2. The first-order valence-corrected chi connectivity index (χ1v) is 11.2. The second-order valence-electron chi connectivity index (χ2n) is 8.34. The van der Waals surface area contributed by atoms with Crippen molar-refractivity contribution < 1.29 is 9.59 Å². The van der Waals surface area contributed by atoms with Gasteiger partial charge in [0.05, 0.1) is 21.8 Å². The van der Waals surface area contributed by atoms with Gasteiger partial charge in [0.1, 0.15) is 5.69 Å². The van der Waals surface area contributed by atoms with Gasteiger partial charge in [-0.25, -0.2) is 4.68 Å². The number of nitrogens with zero attached hydrogens (tertiary/aromatic N) is 3. The third-order valence-electron chi connectivity index (χ3n) is 5.48. The summed E-state index contributed by atoms with van der Waals surface area (Å²) in [6.07, 6.45) is 1.72. The van der Waals surface area contributed by atoms with Crippen LogP contribution in [-0.4, -0.2) is 40.6 Å². The molecular weight excluding hydrogens is 448 g/mol. The first-order valence-electron chi connectivity index (χ1n) is 10.8. The average molecular weight is 473 g/mol. The van der Waals surface area contributed by atoms with Crippen molar-refractivity contribution in [2.75, 3.05) is 19.4 Å². The molecule has 1 aromatic heterocycles. The molecule has 6 nitrogen and oxygen atoms in total. The van der Waals surface area contributed by atoms with Crippen molar-refractivity contribution >= 4 is 29.1 Å². The SMILES string of the molecule is Cc1ccc(-c2nn(-c3ccccc3)cc2C(=O)Nc2ccc(Cl)c(C(=O)N(C)C)c2)c(C)c1. The maximum atomic E-state index is 13.4. The highest BCUT2D eigenvalue weighted by Gasteiger charge is 2.21. The van der Waals surface area contributed by atoms with Crippen LogP contribution in [0, 0.1) is 13.8 Å². The van der Waals surface area contributed by atoms with E-state index >= 15 is 0 Å². The zero-order valence-electron chi connectivity index (χ0n) is 19.5. The van der Waals surface area contributed by atoms with Gasteiger partial charge in [-0.05, 0) is 49.7 Å². The van der Waals surface area contributed by atoms with Gasteiger partial charge in [0.25, 0.3) is 11.8 Å². The third-order valence-corrected chi connectivity index (χ3v) is 5.81. The van der Waals surface area contributed by atoms with Crippen LogP contribution in [0.5, 0.6) is 0 Å². The molecule has 0 atom stereocenters. The molecular formula is C27H25ClN4O2. The predicted octanol–water partition coefficient (Wildman–Crippen LogP) is 5.76. The molecule has 0 saturated carbocycles. The van der Waals surface area contributed by atoms with Crippen LogP contribution in [0.4, 0.5) is 5.69 Å². The first kappa shape index (κ1) is 23.3. The lowest BCUT2D eigenvalue weighted by molar-refractivity contribution is 0.0827. The summed E-state index contributed by atoms with van der Waals surface area (Å²) in [6.45, 7) is 4.03. The number of hydrogen-bond acceptors (Lipinski definition) is 3. The number of benzene rings is 3. The summed E-state index contributed by atoms with van der Waals surface area (Å²) in [7, 11) is 3.30. The molecule has 7 heteroatoms. The van der Waals surface area contributed by atoms with Crippen LogP contribution in [0.25, 0.3) is 16.9 Å². The maximum Gasteiger partial charge on any atom is 0.259 e. The average Bonchev–Trinajstić information content (AvgIpc) is 3.25. The van der Waals surface area contributed by atoms with Crippen LogP contribution in [0.1, 0.15) is 31.8 Å². The number of anilines is 1. The van der Waals surface area contributed by atoms with Crippen LogP contribution in [-0.2, 0) is 0 Å². The van der Waals surface area contributed by atoms with Crippen LogP contribution in [0.15, 0.2) is 72.9 Å². The van der Waals surface area contributed by atoms with E-state index in [1.807, 2.05) is 56.3 Å². The summed E-state index contributed by atoms with van der Waals surface area (Å²) in [6, 6.07) is 20.5. The van der Waals surface area contributed by atoms with E-state index in [-0.39, 0.29) is 11.8 Å². The lowest BCUT2D eigenvalue weighted by Crippen LogP contribution is -2.22. The molecule has 0 saturated heterocycles. The minimum absolute atomic E-state index is 0.242. The smallest absolute Gasteiger partial charge is 0.259 e. The van der Waals surface area contributed by atoms with Crippen LogP contribution in [0.2, 0.25) is 5.02 Å². The van der Waals surface area contributed by atoms with E-state index in [1.165, 1.54) is 4.90 Å². The van der Waals surface area contributed by atoms with Gasteiger partial charge >= 0.3 is 0 Å². The minimum atomic E-state index is -0.331. The second-order valence-corrected chi connectivity index (χ2v) is 8.75. The number of carbonyl (C=O) groups excluding carboxylic acids is 2. The normalized spacial score (nSPS) is 10.7. The fourth-order valence-corrected chi connectivity index (χ4v) is 3.94. The van der Waals surface area contributed by atoms with E-state index in [0.29, 0.717) is 27.5 Å². The van der Waals surface area contributed by atoms with Gasteiger partial charge in [0, 0.05) is 31.5 Å². The third kappa shape index (κ3) is 4.72. The summed E-state index contributed by atoms with van der Waals surface area (Å²) < 4.78 is 1.70. The maximum absolute atomic E-state index is 13.4. The Balaban J connectivity index is 1.76. The second kappa shape index (κ2) is 9.53. The Bertz CT molecular complexity index is 1380. The van der Waals surface area contributed by atoms with Crippen molar-refractivity contribution in [3.63, 3.8) is 0 Å². The van der Waals surface area contributed by atoms with E-state index in [2.05, 4.69) is 11.4 Å². The highest BCUT2D eigenvalue weighted by molar-refractivity contribution is 6.34. The number of nitrogens with one attached hydrogen (secondary N) is 1. The molecule has 1 heterocycles. The van der Waals surface area contributed by atoms with Crippen LogP contribution >= 0.6 is 11.6 Å². The number of carbonyl (C=O) groups is 2. The molecule has 0 aliphatic carbocycles. The van der Waals surface area contributed by atoms with Crippen molar-refractivity contribution in [3.8, 4) is 16.9 Å². The highest BCUT2D eigenvalue weighted by atomic mass is 35.5. The van der Waals surface area contributed by atoms with Crippen molar-refractivity contribution in [2.45, 2.75) is 13.8 Å². The number of aromatic nitrogens is 2. The molecule has 172 valence electrons. The number of rotatable bonds is 5. The molecule has 3 aromatic carbocycles. The zero-order valence-corrected chi connectivity index (χ0v) is 20.2. The lowest BCUT2D eigenvalue weighted by atomic mass is 10.0. The van der Waals surface area contributed by atoms with E-state index in [1.54, 1.807) is 43.2 Å². The number of halogens is 1. The molecule has 2 amide bonds. The molecule has 0 bridgehead atoms. The van der Waals surface area contributed by atoms with Crippen molar-refractivity contribution in [3.05, 3.63) is 100 Å². The molecule has 0 radical (unpaired) electrons. The molecule has 4 rings (SSSR count). The molecule has 0 aliphatic heterocycles. The Hall–Kier alpha value is -3.90. The number of hydrogen-bond donors (Lipinski definition) is 1. The van der Waals surface area contributed by atoms with E-state index in [0.717, 1.165) is 22.4 Å². The summed E-state index contributed by atoms with van der Waals surface area (Å²) >= 11 is 6.22. The quantitative estimate of drug-likeness (QED) is 0.401. The molecule has 0 spiro atoms. The Morgan fingerprint density at radius 1 is 0.941 bits per heavy atom. The Morgan fingerprint density at radius 3 is 2.35 bits per heavy atom. The lowest BCUT2D eigenvalue weighted by Gasteiger charge is -2.13. The largest absolute Gasteiger partial charge is 0.345 e. The zero-order chi connectivity index (χ0) is 24.4. The Labute approximate surface area is 203 Å². The topological polar surface area (TPSA) is 67.2 Å². The summed E-state index contributed by atoms with van der Waals surface area (Å²) in [4.78, 5) is 27.3. The molecule has 4 aromatic rings. The molecule has 0 unspecified atom stereocenters. The summed E-state index contributed by atoms with van der Waals surface area (Å²) in [5.74, 6) is -0.573. The number of aryl methyl sites for hydroxylation is 2. The van der Waals surface area contributed by atoms with E-state index in [9.17, 15) is 9.59 Å². The Kier molecular flexibility index (Phi) is 6.52. The van der Waals surface area contributed by atoms with Crippen molar-refractivity contribution in [1.29, 1.82) is 0 Å². The predicted molar refractivity (Wildman–Crippen MR) is 136 cm³/mol. The Morgan fingerprint density at radius 2 is 1.68 bits per heavy atom. The summed E-state index contributed by atoms with van der Waals surface area (Å²) in [5, 5.41) is 7.99. The van der Waals surface area contributed by atoms with E-state index in [4.69, 9.17) is 16.7 Å². The van der Waals surface area contributed by atoms with Gasteiger partial charge in [-0.2, -0.15) is 5.10 Å². The standard InChI is InChI=1S/C27H25ClN4O2/c1-17-10-12-21(18(2)14-17)25-23(16-32(30-25)20-8-6-5-7-9-20)26(33)29-19-11-13-24(28)22(15-19)27(34)31(3)4/h5-16H,1-4H3,(H,29,33). The van der Waals surface area contributed by atoms with Gasteiger partial charge in [0.2, 0.25) is 0 Å². The minimum Gasteiger partial charge on any atom is -0.345 e. The van der Waals surface area contributed by atoms with Gasteiger partial charge in [-0.1, -0.05) is 53.6 Å². The van der Waals surface area contributed by atoms with Crippen molar-refractivity contribution in [1.82, 2.24) is 14.7 Å². The molecule has 34 heavy (non-hydrogen) atoms. The van der Waals surface area contributed by atoms with Gasteiger partial charge < -0.3 is 10.2 Å². The molecule has 0 fully saturated rings. The van der Waals surface area contributed by atoms with Crippen molar-refractivity contribution in [2.24, 2.45) is 0 Å². The molecule has 1 N–H and O–H groups in total.